The number of ether oxygens (including phenoxy) is 4. The maximum atomic E-state index is 6.16. The van der Waals surface area contributed by atoms with Crippen molar-refractivity contribution < 1.29 is 18.9 Å². The molecule has 0 spiro atoms. The molecule has 84 heavy (non-hydrogen) atoms. The van der Waals surface area contributed by atoms with Crippen LogP contribution >= 0.6 is 183 Å². The van der Waals surface area contributed by atoms with Crippen LogP contribution in [0.25, 0.3) is 0 Å². The Labute approximate surface area is 580 Å². The predicted octanol–water partition coefficient (Wildman–Crippen LogP) is 19.6. The van der Waals surface area contributed by atoms with Crippen molar-refractivity contribution >= 4 is 207 Å². The summed E-state index contributed by atoms with van der Waals surface area (Å²) in [7, 11) is 0. The number of aliphatic imine (C=N–C) groups is 4. The van der Waals surface area contributed by atoms with Crippen LogP contribution in [0.4, 0.5) is 0 Å². The van der Waals surface area contributed by atoms with Crippen LogP contribution in [0.3, 0.4) is 0 Å². The number of benzene rings is 4. The van der Waals surface area contributed by atoms with E-state index in [0.717, 1.165) is 22.3 Å². The van der Waals surface area contributed by atoms with Crippen LogP contribution in [-0.2, 0) is 18.9 Å². The molecule has 8 atom stereocenters. The summed E-state index contributed by atoms with van der Waals surface area (Å²) in [5.74, 6) is 1.90. The number of halogens is 12. The molecule has 0 bridgehead atoms. The van der Waals surface area contributed by atoms with E-state index in [1.54, 1.807) is 0 Å². The fourth-order valence-electron chi connectivity index (χ4n) is 8.99. The van der Waals surface area contributed by atoms with Crippen LogP contribution < -0.4 is 0 Å². The summed E-state index contributed by atoms with van der Waals surface area (Å²) < 4.78 is 28.2. The molecule has 432 valence electrons. The molecule has 8 aromatic rings. The van der Waals surface area contributed by atoms with Crippen LogP contribution in [-0.4, -0.2) is 67.9 Å². The molecule has 24 heteroatoms. The third kappa shape index (κ3) is 15.9. The Balaban J connectivity index is 0.000000134. The van der Waals surface area contributed by atoms with Crippen LogP contribution in [0.5, 0.6) is 0 Å². The van der Waals surface area contributed by atoms with Crippen molar-refractivity contribution in [3.8, 4) is 0 Å². The number of aromatic nitrogens is 4. The van der Waals surface area contributed by atoms with E-state index in [2.05, 4.69) is 227 Å². The molecule has 12 rings (SSSR count). The molecule has 4 aromatic heterocycles. The number of nitrogens with zero attached hydrogens (tertiary/aromatic N) is 8. The highest BCUT2D eigenvalue weighted by Gasteiger charge is 2.35. The zero-order valence-corrected chi connectivity index (χ0v) is 58.9. The smallest absolute Gasteiger partial charge is 0.220 e. The lowest BCUT2D eigenvalue weighted by molar-refractivity contribution is 0.214. The lowest BCUT2D eigenvalue weighted by Gasteiger charge is -2.13. The molecular formula is C60H44Cl8I4N8O4. The molecule has 0 aliphatic carbocycles. The second kappa shape index (κ2) is 29.7. The van der Waals surface area contributed by atoms with E-state index in [9.17, 15) is 0 Å². The van der Waals surface area contributed by atoms with Gasteiger partial charge in [-0.1, -0.05) is 141 Å². The average Bonchev–Trinajstić information content (AvgIpc) is 4.47. The van der Waals surface area contributed by atoms with Crippen LogP contribution in [0, 0.1) is 14.3 Å². The van der Waals surface area contributed by atoms with Crippen LogP contribution in [0.1, 0.15) is 96.4 Å². The van der Waals surface area contributed by atoms with Gasteiger partial charge in [-0.3, -0.25) is 19.9 Å². The van der Waals surface area contributed by atoms with Crippen molar-refractivity contribution in [3.05, 3.63) is 246 Å². The summed E-state index contributed by atoms with van der Waals surface area (Å²) in [5.41, 5.74) is 6.86. The fraction of sp³-hybridized carbons (Fsp3) is 0.200. The van der Waals surface area contributed by atoms with Crippen molar-refractivity contribution in [2.24, 2.45) is 20.0 Å². The van der Waals surface area contributed by atoms with Gasteiger partial charge in [-0.05, 0) is 189 Å². The predicted molar refractivity (Wildman–Crippen MR) is 373 cm³/mol. The molecule has 0 amide bonds. The highest BCUT2D eigenvalue weighted by Crippen LogP contribution is 2.39. The maximum absolute atomic E-state index is 6.16. The van der Waals surface area contributed by atoms with E-state index in [1.807, 2.05) is 27.7 Å². The third-order valence-electron chi connectivity index (χ3n) is 13.1. The van der Waals surface area contributed by atoms with E-state index in [0.29, 0.717) is 86.0 Å². The summed E-state index contributed by atoms with van der Waals surface area (Å²) in [6, 6.07) is 32.7. The Morgan fingerprint density at radius 1 is 0.274 bits per heavy atom. The quantitative estimate of drug-likeness (QED) is 0.137. The van der Waals surface area contributed by atoms with E-state index in [-0.39, 0.29) is 48.6 Å². The molecular weight excluding hydrogens is 1690 g/mol. The standard InChI is InChI=1S/4C15H11Cl2IN2O/c4*1-8-14(9-2-4-10(18)5-3-9)20-15(21-8)13-11(16)6-19-7-12(13)17/h4*2-8,14H,1H3/t2*8-,14+;2*8-,14-/m1010/s1. The number of hydrogen-bond donors (Lipinski definition) is 0. The largest absolute Gasteiger partial charge is 0.472 e. The molecule has 0 N–H and O–H groups in total. The Morgan fingerprint density at radius 3 is 0.583 bits per heavy atom. The SMILES string of the molecule is C[C@@H]1OC(c2c(Cl)cncc2Cl)=N[C@@H]1c1ccc(I)cc1.C[C@@H]1OC(c2c(Cl)cncc2Cl)=N[C@H]1c1ccc(I)cc1.C[C@H]1OC(c2c(Cl)cncc2Cl)=N[C@@H]1c1ccc(I)cc1.C[C@H]1OC(c2c(Cl)cncc2Cl)=N[C@H]1c1ccc(I)cc1. The van der Waals surface area contributed by atoms with E-state index in [1.165, 1.54) is 63.9 Å². The van der Waals surface area contributed by atoms with Crippen molar-refractivity contribution in [2.45, 2.75) is 76.3 Å². The van der Waals surface area contributed by atoms with Gasteiger partial charge in [-0.15, -0.1) is 0 Å². The lowest BCUT2D eigenvalue weighted by atomic mass is 10.0. The lowest BCUT2D eigenvalue weighted by Crippen LogP contribution is -2.13. The minimum atomic E-state index is -0.0691. The monoisotopic (exact) mass is 1730 g/mol. The first kappa shape index (κ1) is 65.1. The molecule has 12 nitrogen and oxygen atoms in total. The molecule has 0 radical (unpaired) electrons. The van der Waals surface area contributed by atoms with E-state index < -0.39 is 0 Å². The molecule has 0 unspecified atom stereocenters. The minimum Gasteiger partial charge on any atom is -0.472 e. The van der Waals surface area contributed by atoms with Gasteiger partial charge in [-0.25, -0.2) is 20.0 Å². The highest BCUT2D eigenvalue weighted by molar-refractivity contribution is 14.1. The molecule has 4 aliphatic heterocycles. The first-order valence-electron chi connectivity index (χ1n) is 25.4. The normalized spacial score (nSPS) is 21.0. The van der Waals surface area contributed by atoms with Crippen molar-refractivity contribution in [2.75, 3.05) is 0 Å². The molecule has 0 fully saturated rings. The first-order chi connectivity index (χ1) is 40.2. The average molecular weight is 1730 g/mol. The van der Waals surface area contributed by atoms with Gasteiger partial charge < -0.3 is 18.9 Å². The maximum Gasteiger partial charge on any atom is 0.220 e. The van der Waals surface area contributed by atoms with Gasteiger partial charge in [0.15, 0.2) is 0 Å². The summed E-state index contributed by atoms with van der Waals surface area (Å²) in [6.45, 7) is 7.95. The zero-order valence-electron chi connectivity index (χ0n) is 44.2. The van der Waals surface area contributed by atoms with Gasteiger partial charge in [0.25, 0.3) is 0 Å². The molecule has 4 aromatic carbocycles. The number of rotatable bonds is 8. The van der Waals surface area contributed by atoms with E-state index >= 15 is 0 Å². The molecule has 0 saturated heterocycles. The highest BCUT2D eigenvalue weighted by atomic mass is 127. The molecule has 0 saturated carbocycles. The Hall–Kier alpha value is -3.40. The van der Waals surface area contributed by atoms with Crippen molar-refractivity contribution in [1.82, 2.24) is 19.9 Å². The van der Waals surface area contributed by atoms with Crippen molar-refractivity contribution in [1.29, 1.82) is 0 Å². The van der Waals surface area contributed by atoms with Crippen LogP contribution in [0.2, 0.25) is 40.2 Å². The van der Waals surface area contributed by atoms with Gasteiger partial charge in [0.05, 0.1) is 62.4 Å². The second-order valence-corrected chi connectivity index (χ2v) is 27.2. The summed E-state index contributed by atoms with van der Waals surface area (Å²) in [4.78, 5) is 34.4. The summed E-state index contributed by atoms with van der Waals surface area (Å²) in [6.07, 6.45) is 12.0. The Kier molecular flexibility index (Phi) is 23.0. The van der Waals surface area contributed by atoms with E-state index in [4.69, 9.17) is 112 Å². The summed E-state index contributed by atoms with van der Waals surface area (Å²) >= 11 is 58.4. The van der Waals surface area contributed by atoms with Gasteiger partial charge in [0, 0.05) is 63.9 Å². The fourth-order valence-corrected chi connectivity index (χ4v) is 12.5. The van der Waals surface area contributed by atoms with Crippen molar-refractivity contribution in [3.63, 3.8) is 0 Å². The minimum absolute atomic E-state index is 0.0581. The third-order valence-corrected chi connectivity index (χ3v) is 18.3. The van der Waals surface area contributed by atoms with Crippen LogP contribution in [0.15, 0.2) is 167 Å². The van der Waals surface area contributed by atoms with Gasteiger partial charge in [-0.2, -0.15) is 0 Å². The molecule has 4 aliphatic rings. The Morgan fingerprint density at radius 2 is 0.429 bits per heavy atom. The molecule has 8 heterocycles. The van der Waals surface area contributed by atoms with Gasteiger partial charge >= 0.3 is 0 Å². The Bertz CT molecular complexity index is 3220. The topological polar surface area (TPSA) is 138 Å². The number of pyridine rings is 4. The number of hydrogen-bond acceptors (Lipinski definition) is 12. The van der Waals surface area contributed by atoms with Gasteiger partial charge in [0.2, 0.25) is 23.6 Å². The summed E-state index contributed by atoms with van der Waals surface area (Å²) in [5, 5.41) is 3.53. The van der Waals surface area contributed by atoms with Gasteiger partial charge in [0.1, 0.15) is 48.6 Å². The first-order valence-corrected chi connectivity index (χ1v) is 32.8. The zero-order chi connectivity index (χ0) is 59.9. The second-order valence-electron chi connectivity index (χ2n) is 18.9.